The molecule has 12 N–H and O–H groups in total. The van der Waals surface area contributed by atoms with Crippen molar-refractivity contribution in [2.24, 2.45) is 17.2 Å². The van der Waals surface area contributed by atoms with Crippen LogP contribution in [0.1, 0.15) is 45.4 Å². The number of nitrogens with one attached hydrogen (secondary N) is 1. The third kappa shape index (κ3) is 23.7. The molecule has 0 spiro atoms. The van der Waals surface area contributed by atoms with Gasteiger partial charge in [0.25, 0.3) is 0 Å². The minimum Gasteiger partial charge on any atom is -0.481 e. The van der Waals surface area contributed by atoms with E-state index in [0.717, 1.165) is 19.3 Å². The minimum atomic E-state index is -1.29. The average Bonchev–Trinajstić information content (AvgIpc) is 2.65. The van der Waals surface area contributed by atoms with Gasteiger partial charge < -0.3 is 48.1 Å². The molecule has 0 aliphatic heterocycles. The zero-order valence-corrected chi connectivity index (χ0v) is 17.2. The highest BCUT2D eigenvalue weighted by molar-refractivity contribution is 5.80. The molecule has 178 valence electrons. The molecule has 0 aliphatic rings. The summed E-state index contributed by atoms with van der Waals surface area (Å²) in [4.78, 5) is 40.2. The van der Waals surface area contributed by atoms with Gasteiger partial charge in [0.1, 0.15) is 18.1 Å². The first-order valence-corrected chi connectivity index (χ1v) is 9.40. The summed E-state index contributed by atoms with van der Waals surface area (Å²) in [5, 5.41) is 44.2. The molecule has 30 heavy (non-hydrogen) atoms. The highest BCUT2D eigenvalue weighted by atomic mass is 16.4. The van der Waals surface area contributed by atoms with Crippen LogP contribution >= 0.6 is 0 Å². The van der Waals surface area contributed by atoms with Crippen molar-refractivity contribution in [2.75, 3.05) is 19.7 Å². The lowest BCUT2D eigenvalue weighted by Crippen LogP contribution is -2.37. The summed E-state index contributed by atoms with van der Waals surface area (Å²) in [5.41, 5.74) is 15.3. The van der Waals surface area contributed by atoms with Crippen LogP contribution in [-0.4, -0.2) is 87.2 Å². The van der Waals surface area contributed by atoms with Crippen LogP contribution in [0, 0.1) is 0 Å². The Hall–Kier alpha value is -2.32. The number of nitrogens with two attached hydrogens (primary N) is 3. The molecule has 0 radical (unpaired) electrons. The Bertz CT molecular complexity index is 492. The molecule has 0 aromatic carbocycles. The highest BCUT2D eigenvalue weighted by Gasteiger charge is 2.15. The molecule has 13 nitrogen and oxygen atoms in total. The minimum absolute atomic E-state index is 0.0896. The summed E-state index contributed by atoms with van der Waals surface area (Å²) in [6.45, 7) is 3.15. The molecule has 13 heteroatoms. The predicted octanol–water partition coefficient (Wildman–Crippen LogP) is -1.78. The summed E-state index contributed by atoms with van der Waals surface area (Å²) in [7, 11) is 0. The highest BCUT2D eigenvalue weighted by Crippen LogP contribution is 1.97. The zero-order valence-electron chi connectivity index (χ0n) is 17.2. The topological polar surface area (TPSA) is 260 Å². The van der Waals surface area contributed by atoms with Crippen molar-refractivity contribution >= 4 is 23.9 Å². The first-order chi connectivity index (χ1) is 13.9. The Kier molecular flexibility index (Phi) is 23.1. The largest absolute Gasteiger partial charge is 0.481 e. The Morgan fingerprint density at radius 1 is 0.867 bits per heavy atom. The quantitative estimate of drug-likeness (QED) is 0.135. The molecular weight excluding hydrogens is 404 g/mol. The number of carboxylic acid groups (broad SMARTS) is 4. The standard InChI is InChI=1S/C7H15NO3.C6H14N2O2.C4H7NO4/c1-2-4-8-6(3-5-9)7(10)11;7-4-2-1-3-5(8)6(9)10;5-2(4(8)9)1-3(6)7/h6,8-9H,2-5H2,1H3,(H,10,11);5H,1-4,7-8H2,(H,9,10);2H,1,5H2,(H,6,7)(H,8,9). The Labute approximate surface area is 175 Å². The van der Waals surface area contributed by atoms with Gasteiger partial charge in [0.05, 0.1) is 6.42 Å². The van der Waals surface area contributed by atoms with Crippen molar-refractivity contribution in [3.8, 4) is 0 Å². The van der Waals surface area contributed by atoms with Crippen LogP contribution in [0.15, 0.2) is 0 Å². The molecule has 0 rings (SSSR count). The van der Waals surface area contributed by atoms with Gasteiger partial charge in [0.15, 0.2) is 0 Å². The number of carboxylic acids is 4. The molecule has 0 aromatic heterocycles. The normalized spacial score (nSPS) is 12.8. The van der Waals surface area contributed by atoms with Crippen molar-refractivity contribution in [3.05, 3.63) is 0 Å². The molecule has 0 aromatic rings. The maximum Gasteiger partial charge on any atom is 0.321 e. The molecule has 0 saturated heterocycles. The smallest absolute Gasteiger partial charge is 0.321 e. The Morgan fingerprint density at radius 2 is 1.40 bits per heavy atom. The van der Waals surface area contributed by atoms with Crippen molar-refractivity contribution in [3.63, 3.8) is 0 Å². The van der Waals surface area contributed by atoms with E-state index in [2.05, 4.69) is 5.32 Å². The van der Waals surface area contributed by atoms with Crippen molar-refractivity contribution in [1.29, 1.82) is 0 Å². The van der Waals surface area contributed by atoms with E-state index in [1.165, 1.54) is 0 Å². The Balaban J connectivity index is -0.000000366. The first kappa shape index (κ1) is 32.3. The lowest BCUT2D eigenvalue weighted by Gasteiger charge is -2.11. The van der Waals surface area contributed by atoms with Crippen LogP contribution in [-0.2, 0) is 19.2 Å². The predicted molar refractivity (Wildman–Crippen MR) is 108 cm³/mol. The number of hydrogen-bond donors (Lipinski definition) is 9. The second kappa shape index (κ2) is 21.4. The van der Waals surface area contributed by atoms with Crippen molar-refractivity contribution < 1.29 is 44.7 Å². The summed E-state index contributed by atoms with van der Waals surface area (Å²) < 4.78 is 0. The van der Waals surface area contributed by atoms with Crippen molar-refractivity contribution in [2.45, 2.75) is 63.6 Å². The van der Waals surface area contributed by atoms with E-state index in [1.807, 2.05) is 6.92 Å². The molecule has 3 unspecified atom stereocenters. The summed E-state index contributed by atoms with van der Waals surface area (Å²) in [5.74, 6) is -4.33. The number of aliphatic carboxylic acids is 4. The maximum atomic E-state index is 10.4. The number of aliphatic hydroxyl groups excluding tert-OH is 1. The SMILES string of the molecule is CCCNC(CCO)C(=O)O.NC(CC(=O)O)C(=O)O.NCCCCC(N)C(=O)O. The summed E-state index contributed by atoms with van der Waals surface area (Å²) in [6, 6.07) is -2.60. The lowest BCUT2D eigenvalue weighted by atomic mass is 10.1. The van der Waals surface area contributed by atoms with Gasteiger partial charge in [-0.25, -0.2) is 0 Å². The third-order valence-corrected chi connectivity index (χ3v) is 3.35. The van der Waals surface area contributed by atoms with Gasteiger partial charge in [-0.05, 0) is 38.8 Å². The molecule has 0 aliphatic carbocycles. The van der Waals surface area contributed by atoms with Crippen LogP contribution < -0.4 is 22.5 Å². The van der Waals surface area contributed by atoms with E-state index >= 15 is 0 Å². The van der Waals surface area contributed by atoms with E-state index in [-0.39, 0.29) is 13.0 Å². The number of unbranched alkanes of at least 4 members (excludes halogenated alkanes) is 1. The van der Waals surface area contributed by atoms with Crippen LogP contribution in [0.4, 0.5) is 0 Å². The molecule has 0 heterocycles. The number of rotatable bonds is 14. The fourth-order valence-corrected chi connectivity index (χ4v) is 1.67. The van der Waals surface area contributed by atoms with Gasteiger partial charge in [0, 0.05) is 6.61 Å². The van der Waals surface area contributed by atoms with E-state index in [4.69, 9.17) is 42.7 Å². The lowest BCUT2D eigenvalue weighted by molar-refractivity contribution is -0.144. The van der Waals surface area contributed by atoms with E-state index in [0.29, 0.717) is 19.5 Å². The van der Waals surface area contributed by atoms with Gasteiger partial charge >= 0.3 is 23.9 Å². The van der Waals surface area contributed by atoms with Gasteiger partial charge in [-0.1, -0.05) is 13.3 Å². The van der Waals surface area contributed by atoms with Gasteiger partial charge in [0.2, 0.25) is 0 Å². The third-order valence-electron chi connectivity index (χ3n) is 3.35. The first-order valence-electron chi connectivity index (χ1n) is 9.40. The van der Waals surface area contributed by atoms with Crippen LogP contribution in [0.2, 0.25) is 0 Å². The van der Waals surface area contributed by atoms with Crippen LogP contribution in [0.3, 0.4) is 0 Å². The number of carbonyl (C=O) groups is 4. The molecule has 0 bridgehead atoms. The summed E-state index contributed by atoms with van der Waals surface area (Å²) >= 11 is 0. The van der Waals surface area contributed by atoms with Gasteiger partial charge in [-0.15, -0.1) is 0 Å². The van der Waals surface area contributed by atoms with Gasteiger partial charge in [-0.3, -0.25) is 19.2 Å². The molecule has 3 atom stereocenters. The second-order valence-electron chi connectivity index (χ2n) is 6.13. The zero-order chi connectivity index (χ0) is 24.1. The second-order valence-corrected chi connectivity index (χ2v) is 6.13. The average molecular weight is 440 g/mol. The Morgan fingerprint density at radius 3 is 1.70 bits per heavy atom. The van der Waals surface area contributed by atoms with Crippen molar-refractivity contribution in [1.82, 2.24) is 5.32 Å². The summed E-state index contributed by atoms with van der Waals surface area (Å²) in [6.07, 6.45) is 2.80. The molecule has 0 saturated carbocycles. The van der Waals surface area contributed by atoms with E-state index < -0.39 is 48.4 Å². The van der Waals surface area contributed by atoms with E-state index in [1.54, 1.807) is 0 Å². The molecule has 0 amide bonds. The maximum absolute atomic E-state index is 10.4. The monoisotopic (exact) mass is 440 g/mol. The van der Waals surface area contributed by atoms with Gasteiger partial charge in [-0.2, -0.15) is 0 Å². The fraction of sp³-hybridized carbons (Fsp3) is 0.765. The number of aliphatic hydroxyl groups is 1. The van der Waals surface area contributed by atoms with Crippen LogP contribution in [0.5, 0.6) is 0 Å². The van der Waals surface area contributed by atoms with E-state index in [9.17, 15) is 19.2 Å². The fourth-order valence-electron chi connectivity index (χ4n) is 1.67. The van der Waals surface area contributed by atoms with Crippen LogP contribution in [0.25, 0.3) is 0 Å². The molecular formula is C17H36N4O9. The number of hydrogen-bond acceptors (Lipinski definition) is 9. The molecule has 0 fully saturated rings.